The highest BCUT2D eigenvalue weighted by Crippen LogP contribution is 2.43. The Morgan fingerprint density at radius 3 is 2.12 bits per heavy atom. The summed E-state index contributed by atoms with van der Waals surface area (Å²) in [5, 5.41) is -0.0606. The van der Waals surface area contributed by atoms with Crippen LogP contribution in [0.25, 0.3) is 10.9 Å². The van der Waals surface area contributed by atoms with Gasteiger partial charge in [-0.15, -0.1) is 0 Å². The third-order valence-corrected chi connectivity index (χ3v) is 7.50. The fourth-order valence-electron chi connectivity index (χ4n) is 4.90. The number of carbonyl (C=O) groups is 1. The van der Waals surface area contributed by atoms with Gasteiger partial charge in [-0.3, -0.25) is 4.79 Å². The predicted octanol–water partition coefficient (Wildman–Crippen LogP) is 7.22. The van der Waals surface area contributed by atoms with Gasteiger partial charge in [-0.1, -0.05) is 53.4 Å². The zero-order valence-electron chi connectivity index (χ0n) is 25.0. The van der Waals surface area contributed by atoms with Crippen LogP contribution in [0.15, 0.2) is 41.3 Å². The van der Waals surface area contributed by atoms with Gasteiger partial charge in [0.05, 0.1) is 34.9 Å². The van der Waals surface area contributed by atoms with E-state index in [2.05, 4.69) is 32.6 Å². The molecule has 1 heterocycles. The fourth-order valence-corrected chi connectivity index (χ4v) is 5.58. The summed E-state index contributed by atoms with van der Waals surface area (Å²) in [6.07, 6.45) is 1.42. The van der Waals surface area contributed by atoms with Crippen molar-refractivity contribution in [1.29, 1.82) is 0 Å². The minimum absolute atomic E-state index is 0.0455. The number of pyridine rings is 1. The van der Waals surface area contributed by atoms with Crippen LogP contribution in [0.3, 0.4) is 0 Å². The molecule has 1 aromatic heterocycles. The number of benzene rings is 2. The van der Waals surface area contributed by atoms with Crippen molar-refractivity contribution in [3.63, 3.8) is 0 Å². The summed E-state index contributed by atoms with van der Waals surface area (Å²) >= 11 is 0. The number of hydrogen-bond acceptors (Lipinski definition) is 4. The van der Waals surface area contributed by atoms with Gasteiger partial charge in [0, 0.05) is 17.6 Å². The van der Waals surface area contributed by atoms with Crippen molar-refractivity contribution in [3.05, 3.63) is 80.9 Å². The number of fused-ring (bicyclic) bond motifs is 1. The molecule has 0 aliphatic heterocycles. The first kappa shape index (κ1) is 32.2. The molecule has 2 aromatic carbocycles. The van der Waals surface area contributed by atoms with Crippen molar-refractivity contribution in [2.45, 2.75) is 79.0 Å². The van der Waals surface area contributed by atoms with E-state index < -0.39 is 45.9 Å². The molecule has 0 N–H and O–H groups in total. The van der Waals surface area contributed by atoms with Crippen LogP contribution in [-0.4, -0.2) is 32.5 Å². The molecule has 0 aliphatic rings. The SMILES string of the molecule is CCOC(=O)c1cn([C@@H](C(C)(C)C)C(C)(C)O[Si]C(C)(C)C)c2cc(F)c(C#Cc3ccc(F)cc3F)cc2c1=O. The molecule has 5 nitrogen and oxygen atoms in total. The third kappa shape index (κ3) is 7.49. The maximum atomic E-state index is 15.5. The summed E-state index contributed by atoms with van der Waals surface area (Å²) in [6, 6.07) is 4.86. The summed E-state index contributed by atoms with van der Waals surface area (Å²) in [7, 11) is 0.143. The molecule has 0 bridgehead atoms. The molecule has 0 aliphatic carbocycles. The number of carbonyl (C=O) groups excluding carboxylic acids is 1. The Kier molecular flexibility index (Phi) is 9.31. The van der Waals surface area contributed by atoms with Gasteiger partial charge < -0.3 is 13.7 Å². The second kappa shape index (κ2) is 11.9. The molecule has 3 aromatic rings. The number of rotatable bonds is 6. The van der Waals surface area contributed by atoms with Crippen LogP contribution in [0.1, 0.15) is 89.8 Å². The molecule has 0 fully saturated rings. The predicted molar refractivity (Wildman–Crippen MR) is 156 cm³/mol. The van der Waals surface area contributed by atoms with Gasteiger partial charge >= 0.3 is 5.97 Å². The smallest absolute Gasteiger partial charge is 0.343 e. The molecule has 0 unspecified atom stereocenters. The average molecular weight is 584 g/mol. The molecule has 218 valence electrons. The van der Waals surface area contributed by atoms with Crippen LogP contribution in [0.5, 0.6) is 0 Å². The lowest BCUT2D eigenvalue weighted by Crippen LogP contribution is -2.46. The lowest BCUT2D eigenvalue weighted by atomic mass is 9.77. The minimum atomic E-state index is -0.892. The Hall–Kier alpha value is -3.35. The normalized spacial score (nSPS) is 13.1. The Morgan fingerprint density at radius 2 is 1.56 bits per heavy atom. The van der Waals surface area contributed by atoms with Crippen molar-refractivity contribution >= 4 is 26.6 Å². The fraction of sp³-hybridized carbons (Fsp3) is 0.438. The van der Waals surface area contributed by atoms with Gasteiger partial charge in [0.2, 0.25) is 15.2 Å². The van der Waals surface area contributed by atoms with Crippen molar-refractivity contribution in [2.75, 3.05) is 6.61 Å². The van der Waals surface area contributed by atoms with Crippen LogP contribution < -0.4 is 5.43 Å². The summed E-state index contributed by atoms with van der Waals surface area (Å²) in [4.78, 5) is 26.5. The lowest BCUT2D eigenvalue weighted by molar-refractivity contribution is -0.00151. The maximum absolute atomic E-state index is 15.5. The van der Waals surface area contributed by atoms with Gasteiger partial charge in [0.25, 0.3) is 0 Å². The Balaban J connectivity index is 2.34. The van der Waals surface area contributed by atoms with E-state index >= 15 is 4.39 Å². The van der Waals surface area contributed by atoms with Crippen molar-refractivity contribution in [2.24, 2.45) is 5.41 Å². The first-order chi connectivity index (χ1) is 18.9. The third-order valence-electron chi connectivity index (χ3n) is 6.26. The molecular weight excluding hydrogens is 547 g/mol. The molecule has 41 heavy (non-hydrogen) atoms. The standard InChI is InChI=1S/C32H36F3NO4Si/c1-10-39-28(38)23-18-36(29(30(2,3)4)32(8,9)40-41-31(5,6)7)26-17-25(35)20(15-22(26)27(23)37)12-11-19-13-14-21(33)16-24(19)34/h13-18,29H,10H2,1-9H3/t29-/m0/s1. The first-order valence-corrected chi connectivity index (χ1v) is 14.2. The van der Waals surface area contributed by atoms with Crippen molar-refractivity contribution in [3.8, 4) is 11.8 Å². The monoisotopic (exact) mass is 583 g/mol. The number of ether oxygens (including phenoxy) is 1. The van der Waals surface area contributed by atoms with E-state index in [1.807, 2.05) is 34.6 Å². The molecular formula is C32H36F3NO4Si. The summed E-state index contributed by atoms with van der Waals surface area (Å²) in [5.41, 5.74) is -2.21. The maximum Gasteiger partial charge on any atom is 0.343 e. The van der Waals surface area contributed by atoms with Gasteiger partial charge in [0.1, 0.15) is 23.0 Å². The second-order valence-electron chi connectivity index (χ2n) is 12.5. The number of esters is 1. The van der Waals surface area contributed by atoms with E-state index in [-0.39, 0.29) is 49.0 Å². The van der Waals surface area contributed by atoms with Crippen LogP contribution in [0.4, 0.5) is 13.2 Å². The molecule has 2 radical (unpaired) electrons. The highest BCUT2D eigenvalue weighted by molar-refractivity contribution is 6.31. The van der Waals surface area contributed by atoms with E-state index in [9.17, 15) is 18.4 Å². The van der Waals surface area contributed by atoms with Gasteiger partial charge in [-0.05, 0) is 55.5 Å². The number of aromatic nitrogens is 1. The van der Waals surface area contributed by atoms with E-state index in [1.54, 1.807) is 11.5 Å². The largest absolute Gasteiger partial charge is 0.462 e. The second-order valence-corrected chi connectivity index (χ2v) is 14.5. The van der Waals surface area contributed by atoms with Crippen LogP contribution >= 0.6 is 0 Å². The van der Waals surface area contributed by atoms with E-state index in [0.29, 0.717) is 6.07 Å². The lowest BCUT2D eigenvalue weighted by Gasteiger charge is -2.45. The van der Waals surface area contributed by atoms with Crippen LogP contribution in [0.2, 0.25) is 5.04 Å². The van der Waals surface area contributed by atoms with Crippen molar-refractivity contribution < 1.29 is 27.1 Å². The molecule has 3 rings (SSSR count). The van der Waals surface area contributed by atoms with E-state index in [1.165, 1.54) is 18.3 Å². The molecule has 0 amide bonds. The summed E-state index contributed by atoms with van der Waals surface area (Å²) < 4.78 is 56.3. The summed E-state index contributed by atoms with van der Waals surface area (Å²) in [5.74, 6) is 1.86. The molecule has 9 heteroatoms. The number of halogens is 3. The zero-order valence-corrected chi connectivity index (χ0v) is 26.0. The molecule has 0 spiro atoms. The van der Waals surface area contributed by atoms with Crippen LogP contribution in [0, 0.1) is 34.7 Å². The first-order valence-electron chi connectivity index (χ1n) is 13.3. The van der Waals surface area contributed by atoms with Crippen molar-refractivity contribution in [1.82, 2.24) is 4.57 Å². The van der Waals surface area contributed by atoms with Gasteiger partial charge in [-0.25, -0.2) is 18.0 Å². The van der Waals surface area contributed by atoms with Gasteiger partial charge in [0.15, 0.2) is 0 Å². The Labute approximate surface area is 242 Å². The number of nitrogens with zero attached hydrogens (tertiary/aromatic N) is 1. The zero-order chi connectivity index (χ0) is 30.9. The topological polar surface area (TPSA) is 57.5 Å². The Bertz CT molecular complexity index is 1590. The minimum Gasteiger partial charge on any atom is -0.462 e. The average Bonchev–Trinajstić information content (AvgIpc) is 2.83. The highest BCUT2D eigenvalue weighted by Gasteiger charge is 2.42. The molecule has 0 saturated carbocycles. The van der Waals surface area contributed by atoms with Gasteiger partial charge in [-0.2, -0.15) is 0 Å². The number of hydrogen-bond donors (Lipinski definition) is 0. The quantitative estimate of drug-likeness (QED) is 0.175. The Morgan fingerprint density at radius 1 is 0.951 bits per heavy atom. The summed E-state index contributed by atoms with van der Waals surface area (Å²) in [6.45, 7) is 17.8. The van der Waals surface area contributed by atoms with Crippen LogP contribution in [-0.2, 0) is 9.16 Å². The molecule has 1 atom stereocenters. The highest BCUT2D eigenvalue weighted by atomic mass is 28.2. The van der Waals surface area contributed by atoms with E-state index in [4.69, 9.17) is 9.16 Å². The molecule has 0 saturated heterocycles. The van der Waals surface area contributed by atoms with E-state index in [0.717, 1.165) is 12.1 Å².